The maximum absolute atomic E-state index is 3.28. The fourth-order valence-electron chi connectivity index (χ4n) is 2.52. The van der Waals surface area contributed by atoms with E-state index in [4.69, 9.17) is 0 Å². The highest BCUT2D eigenvalue weighted by molar-refractivity contribution is 4.87. The van der Waals surface area contributed by atoms with E-state index in [1.807, 2.05) is 0 Å². The first-order valence-corrected chi connectivity index (χ1v) is 5.66. The van der Waals surface area contributed by atoms with E-state index in [2.05, 4.69) is 24.2 Å². The van der Waals surface area contributed by atoms with Gasteiger partial charge in [0.1, 0.15) is 0 Å². The van der Waals surface area contributed by atoms with Gasteiger partial charge in [-0.2, -0.15) is 0 Å². The van der Waals surface area contributed by atoms with Crippen molar-refractivity contribution in [3.05, 3.63) is 0 Å². The highest BCUT2D eigenvalue weighted by Gasteiger charge is 2.35. The van der Waals surface area contributed by atoms with Crippen LogP contribution < -0.4 is 5.32 Å². The van der Waals surface area contributed by atoms with Crippen LogP contribution >= 0.6 is 0 Å². The highest BCUT2D eigenvalue weighted by Crippen LogP contribution is 2.38. The van der Waals surface area contributed by atoms with Gasteiger partial charge in [-0.25, -0.2) is 0 Å². The van der Waals surface area contributed by atoms with Crippen LogP contribution in [0.4, 0.5) is 0 Å². The molecule has 0 aromatic carbocycles. The Hall–Kier alpha value is -0.0800. The molecule has 1 N–H and O–H groups in total. The van der Waals surface area contributed by atoms with E-state index in [9.17, 15) is 0 Å². The predicted molar refractivity (Wildman–Crippen MR) is 55.7 cm³/mol. The van der Waals surface area contributed by atoms with Gasteiger partial charge in [0.25, 0.3) is 0 Å². The van der Waals surface area contributed by atoms with Crippen molar-refractivity contribution in [3.63, 3.8) is 0 Å². The van der Waals surface area contributed by atoms with Gasteiger partial charge in [-0.15, -0.1) is 0 Å². The van der Waals surface area contributed by atoms with E-state index in [-0.39, 0.29) is 0 Å². The quantitative estimate of drug-likeness (QED) is 0.702. The zero-order valence-corrected chi connectivity index (χ0v) is 8.92. The van der Waals surface area contributed by atoms with E-state index in [1.54, 1.807) is 0 Å². The first-order valence-electron chi connectivity index (χ1n) is 5.66. The number of nitrogens with one attached hydrogen (secondary N) is 1. The van der Waals surface area contributed by atoms with Crippen LogP contribution in [0.5, 0.6) is 0 Å². The molecule has 3 atom stereocenters. The molecule has 0 bridgehead atoms. The lowest BCUT2D eigenvalue weighted by Gasteiger charge is -2.15. The predicted octanol–water partition coefficient (Wildman–Crippen LogP) is 1.18. The van der Waals surface area contributed by atoms with Crippen LogP contribution in [-0.4, -0.2) is 38.1 Å². The second-order valence-electron chi connectivity index (χ2n) is 4.95. The Morgan fingerprint density at radius 3 is 2.85 bits per heavy atom. The number of likely N-dealkylation sites (tertiary alicyclic amines) is 1. The number of hydrogen-bond acceptors (Lipinski definition) is 2. The van der Waals surface area contributed by atoms with Crippen LogP contribution in [0.25, 0.3) is 0 Å². The smallest absolute Gasteiger partial charge is 0.00224 e. The van der Waals surface area contributed by atoms with E-state index in [1.165, 1.54) is 39.0 Å². The van der Waals surface area contributed by atoms with E-state index in [0.29, 0.717) is 0 Å². The summed E-state index contributed by atoms with van der Waals surface area (Å²) in [7, 11) is 2.06. The lowest BCUT2D eigenvalue weighted by molar-refractivity contribution is 0.305. The van der Waals surface area contributed by atoms with Gasteiger partial charge >= 0.3 is 0 Å². The van der Waals surface area contributed by atoms with Crippen molar-refractivity contribution < 1.29 is 0 Å². The Kier molecular flexibility index (Phi) is 2.89. The Balaban J connectivity index is 1.66. The van der Waals surface area contributed by atoms with Gasteiger partial charge in [0.15, 0.2) is 0 Å². The van der Waals surface area contributed by atoms with Crippen molar-refractivity contribution in [1.82, 2.24) is 10.2 Å². The average Bonchev–Trinajstić information content (AvgIpc) is 2.63. The fraction of sp³-hybridized carbons (Fsp3) is 1.00. The summed E-state index contributed by atoms with van der Waals surface area (Å²) >= 11 is 0. The third-order valence-corrected chi connectivity index (χ3v) is 3.63. The van der Waals surface area contributed by atoms with Crippen molar-refractivity contribution in [3.8, 4) is 0 Å². The summed E-state index contributed by atoms with van der Waals surface area (Å²) < 4.78 is 0. The molecule has 3 unspecified atom stereocenters. The molecule has 0 aromatic rings. The molecular formula is C11H22N2. The minimum Gasteiger partial charge on any atom is -0.319 e. The van der Waals surface area contributed by atoms with Crippen LogP contribution in [0.3, 0.4) is 0 Å². The monoisotopic (exact) mass is 182 g/mol. The molecule has 0 aromatic heterocycles. The van der Waals surface area contributed by atoms with Gasteiger partial charge in [-0.05, 0) is 50.7 Å². The van der Waals surface area contributed by atoms with Gasteiger partial charge in [-0.1, -0.05) is 6.92 Å². The summed E-state index contributed by atoms with van der Waals surface area (Å²) in [5, 5.41) is 3.28. The fourth-order valence-corrected chi connectivity index (χ4v) is 2.52. The SMILES string of the molecule is CNCC1CCN(CC2CC2C)C1. The Morgan fingerprint density at radius 1 is 1.46 bits per heavy atom. The zero-order valence-electron chi connectivity index (χ0n) is 8.92. The summed E-state index contributed by atoms with van der Waals surface area (Å²) in [6.45, 7) is 7.64. The number of hydrogen-bond donors (Lipinski definition) is 1. The first kappa shape index (κ1) is 9.47. The summed E-state index contributed by atoms with van der Waals surface area (Å²) in [5.74, 6) is 2.97. The molecule has 76 valence electrons. The molecule has 2 fully saturated rings. The summed E-state index contributed by atoms with van der Waals surface area (Å²) in [5.41, 5.74) is 0. The van der Waals surface area contributed by atoms with Crippen LogP contribution in [0, 0.1) is 17.8 Å². The number of nitrogens with zero attached hydrogens (tertiary/aromatic N) is 1. The lowest BCUT2D eigenvalue weighted by atomic mass is 10.1. The molecule has 1 saturated heterocycles. The van der Waals surface area contributed by atoms with Gasteiger partial charge in [0.2, 0.25) is 0 Å². The maximum atomic E-state index is 3.28. The average molecular weight is 182 g/mol. The first-order chi connectivity index (χ1) is 6.29. The molecule has 2 aliphatic rings. The molecule has 1 aliphatic carbocycles. The molecular weight excluding hydrogens is 160 g/mol. The second-order valence-corrected chi connectivity index (χ2v) is 4.95. The molecule has 2 heteroatoms. The Morgan fingerprint density at radius 2 is 2.23 bits per heavy atom. The summed E-state index contributed by atoms with van der Waals surface area (Å²) in [6, 6.07) is 0. The molecule has 0 radical (unpaired) electrons. The Bertz CT molecular complexity index is 169. The van der Waals surface area contributed by atoms with Crippen LogP contribution in [-0.2, 0) is 0 Å². The molecule has 1 saturated carbocycles. The molecule has 1 aliphatic heterocycles. The largest absolute Gasteiger partial charge is 0.319 e. The number of rotatable bonds is 4. The maximum Gasteiger partial charge on any atom is 0.00224 e. The van der Waals surface area contributed by atoms with Crippen molar-refractivity contribution in [2.24, 2.45) is 17.8 Å². The standard InChI is InChI=1S/C11H22N2/c1-9-5-11(9)8-13-4-3-10(7-13)6-12-2/h9-12H,3-8H2,1-2H3. The normalized spacial score (nSPS) is 39.7. The van der Waals surface area contributed by atoms with Gasteiger partial charge in [0, 0.05) is 13.1 Å². The van der Waals surface area contributed by atoms with Gasteiger partial charge in [-0.3, -0.25) is 0 Å². The summed E-state index contributed by atoms with van der Waals surface area (Å²) in [6.07, 6.45) is 2.88. The van der Waals surface area contributed by atoms with Crippen molar-refractivity contribution in [1.29, 1.82) is 0 Å². The minimum atomic E-state index is 0.916. The second kappa shape index (κ2) is 3.97. The third-order valence-electron chi connectivity index (χ3n) is 3.63. The van der Waals surface area contributed by atoms with Crippen LogP contribution in [0.15, 0.2) is 0 Å². The van der Waals surface area contributed by atoms with Gasteiger partial charge in [0.05, 0.1) is 0 Å². The van der Waals surface area contributed by atoms with Crippen molar-refractivity contribution >= 4 is 0 Å². The minimum absolute atomic E-state index is 0.916. The molecule has 1 heterocycles. The van der Waals surface area contributed by atoms with E-state index in [0.717, 1.165) is 17.8 Å². The molecule has 2 rings (SSSR count). The molecule has 13 heavy (non-hydrogen) atoms. The summed E-state index contributed by atoms with van der Waals surface area (Å²) in [4.78, 5) is 2.66. The Labute approximate surface area is 81.7 Å². The molecule has 0 spiro atoms. The van der Waals surface area contributed by atoms with Crippen molar-refractivity contribution in [2.75, 3.05) is 33.2 Å². The molecule has 2 nitrogen and oxygen atoms in total. The molecule has 0 amide bonds. The van der Waals surface area contributed by atoms with E-state index < -0.39 is 0 Å². The lowest BCUT2D eigenvalue weighted by Crippen LogP contribution is -2.26. The van der Waals surface area contributed by atoms with Crippen molar-refractivity contribution in [2.45, 2.75) is 19.8 Å². The van der Waals surface area contributed by atoms with Gasteiger partial charge < -0.3 is 10.2 Å². The topological polar surface area (TPSA) is 15.3 Å². The van der Waals surface area contributed by atoms with Crippen LogP contribution in [0.2, 0.25) is 0 Å². The van der Waals surface area contributed by atoms with E-state index >= 15 is 0 Å². The third kappa shape index (κ3) is 2.44. The van der Waals surface area contributed by atoms with Crippen LogP contribution in [0.1, 0.15) is 19.8 Å². The zero-order chi connectivity index (χ0) is 9.26. The highest BCUT2D eigenvalue weighted by atomic mass is 15.2.